The Morgan fingerprint density at radius 1 is 1.69 bits per heavy atom. The summed E-state index contributed by atoms with van der Waals surface area (Å²) in [6.45, 7) is 3.09. The van der Waals surface area contributed by atoms with Crippen molar-refractivity contribution in [1.29, 1.82) is 5.26 Å². The molecule has 0 aliphatic carbocycles. The van der Waals surface area contributed by atoms with E-state index in [2.05, 4.69) is 20.6 Å². The molecule has 2 heterocycles. The second-order valence-corrected chi connectivity index (χ2v) is 3.46. The van der Waals surface area contributed by atoms with Gasteiger partial charge in [-0.05, 0) is 6.07 Å². The summed E-state index contributed by atoms with van der Waals surface area (Å²) >= 11 is 0. The van der Waals surface area contributed by atoms with E-state index in [9.17, 15) is 0 Å². The van der Waals surface area contributed by atoms with Gasteiger partial charge in [-0.2, -0.15) is 5.26 Å². The number of aromatic nitrogens is 2. The lowest BCUT2D eigenvalue weighted by Crippen LogP contribution is -2.42. The molecule has 2 rings (SSSR count). The number of morpholine rings is 1. The molecule has 1 saturated heterocycles. The molecule has 2 N–H and O–H groups in total. The van der Waals surface area contributed by atoms with Crippen LogP contribution in [0.15, 0.2) is 12.3 Å². The maximum absolute atomic E-state index is 8.68. The smallest absolute Gasteiger partial charge is 0.223 e. The summed E-state index contributed by atoms with van der Waals surface area (Å²) in [6.07, 6.45) is 1.69. The first-order chi connectivity index (χ1) is 7.88. The molecule has 6 heteroatoms. The Kier molecular flexibility index (Phi) is 3.64. The van der Waals surface area contributed by atoms with Gasteiger partial charge in [0.1, 0.15) is 11.8 Å². The van der Waals surface area contributed by atoms with Crippen molar-refractivity contribution in [3.05, 3.63) is 18.0 Å². The van der Waals surface area contributed by atoms with Gasteiger partial charge in [0.15, 0.2) is 0 Å². The van der Waals surface area contributed by atoms with Gasteiger partial charge in [-0.1, -0.05) is 0 Å². The Balaban J connectivity index is 1.86. The van der Waals surface area contributed by atoms with E-state index < -0.39 is 0 Å². The molecule has 16 heavy (non-hydrogen) atoms. The van der Waals surface area contributed by atoms with Gasteiger partial charge in [0.2, 0.25) is 5.95 Å². The molecule has 1 aliphatic heterocycles. The van der Waals surface area contributed by atoms with Crippen molar-refractivity contribution in [3.63, 3.8) is 0 Å². The predicted molar refractivity (Wildman–Crippen MR) is 57.8 cm³/mol. The first kappa shape index (κ1) is 10.8. The quantitative estimate of drug-likeness (QED) is 0.729. The van der Waals surface area contributed by atoms with Crippen LogP contribution in [0.3, 0.4) is 0 Å². The Morgan fingerprint density at radius 2 is 2.62 bits per heavy atom. The topological polar surface area (TPSA) is 82.9 Å². The summed E-state index contributed by atoms with van der Waals surface area (Å²) in [4.78, 5) is 8.04. The second-order valence-electron chi connectivity index (χ2n) is 3.46. The van der Waals surface area contributed by atoms with Crippen molar-refractivity contribution in [2.24, 2.45) is 0 Å². The third kappa shape index (κ3) is 2.89. The molecule has 0 saturated carbocycles. The minimum absolute atomic E-state index is 0.128. The molecule has 1 aliphatic rings. The van der Waals surface area contributed by atoms with Gasteiger partial charge in [0.05, 0.1) is 12.7 Å². The number of ether oxygens (including phenoxy) is 1. The van der Waals surface area contributed by atoms with Crippen LogP contribution in [0.4, 0.5) is 5.95 Å². The van der Waals surface area contributed by atoms with Crippen molar-refractivity contribution in [2.75, 3.05) is 31.6 Å². The largest absolute Gasteiger partial charge is 0.374 e. The summed E-state index contributed by atoms with van der Waals surface area (Å²) < 4.78 is 5.51. The van der Waals surface area contributed by atoms with Gasteiger partial charge in [-0.25, -0.2) is 9.97 Å². The van der Waals surface area contributed by atoms with Crippen molar-refractivity contribution < 1.29 is 4.74 Å². The first-order valence-corrected chi connectivity index (χ1v) is 5.18. The van der Waals surface area contributed by atoms with Gasteiger partial charge in [-0.3, -0.25) is 0 Å². The molecule has 84 valence electrons. The fraction of sp³-hybridized carbons (Fsp3) is 0.500. The lowest BCUT2D eigenvalue weighted by Gasteiger charge is -2.23. The SMILES string of the molecule is N#Cc1ccnc(NCC2CNCCO2)n1. The summed E-state index contributed by atoms with van der Waals surface area (Å²) in [5.74, 6) is 0.466. The van der Waals surface area contributed by atoms with Crippen LogP contribution in [0.25, 0.3) is 0 Å². The molecule has 1 atom stereocenters. The van der Waals surface area contributed by atoms with Crippen LogP contribution in [0.1, 0.15) is 5.69 Å². The highest BCUT2D eigenvalue weighted by Crippen LogP contribution is 2.01. The van der Waals surface area contributed by atoms with Crippen molar-refractivity contribution in [3.8, 4) is 6.07 Å². The Bertz CT molecular complexity index is 383. The fourth-order valence-corrected chi connectivity index (χ4v) is 1.46. The highest BCUT2D eigenvalue weighted by atomic mass is 16.5. The third-order valence-corrected chi connectivity index (χ3v) is 2.26. The van der Waals surface area contributed by atoms with Crippen molar-refractivity contribution >= 4 is 5.95 Å². The van der Waals surface area contributed by atoms with Crippen LogP contribution < -0.4 is 10.6 Å². The third-order valence-electron chi connectivity index (χ3n) is 2.26. The van der Waals surface area contributed by atoms with Crippen LogP contribution in [0, 0.1) is 11.3 Å². The Morgan fingerprint density at radius 3 is 3.38 bits per heavy atom. The summed E-state index contributed by atoms with van der Waals surface area (Å²) in [5, 5.41) is 15.0. The van der Waals surface area contributed by atoms with Crippen LogP contribution in [0.5, 0.6) is 0 Å². The van der Waals surface area contributed by atoms with E-state index in [-0.39, 0.29) is 6.10 Å². The molecule has 0 bridgehead atoms. The standard InChI is InChI=1S/C10H13N5O/c11-5-8-1-2-13-10(15-8)14-7-9-6-12-3-4-16-9/h1-2,9,12H,3-4,6-7H2,(H,13,14,15). The molecule has 6 nitrogen and oxygen atoms in total. The number of rotatable bonds is 3. The zero-order chi connectivity index (χ0) is 11.2. The molecule has 0 radical (unpaired) electrons. The number of anilines is 1. The van der Waals surface area contributed by atoms with Gasteiger partial charge >= 0.3 is 0 Å². The minimum Gasteiger partial charge on any atom is -0.374 e. The van der Waals surface area contributed by atoms with E-state index in [1.54, 1.807) is 12.3 Å². The zero-order valence-electron chi connectivity index (χ0n) is 8.81. The molecule has 1 fully saturated rings. The predicted octanol–water partition coefficient (Wildman–Crippen LogP) is -0.251. The minimum atomic E-state index is 0.128. The number of hydrogen-bond acceptors (Lipinski definition) is 6. The molecule has 1 aromatic heterocycles. The van der Waals surface area contributed by atoms with Crippen LogP contribution >= 0.6 is 0 Å². The van der Waals surface area contributed by atoms with Gasteiger partial charge in [-0.15, -0.1) is 0 Å². The summed E-state index contributed by atoms with van der Waals surface area (Å²) in [6, 6.07) is 3.54. The van der Waals surface area contributed by atoms with E-state index in [1.807, 2.05) is 6.07 Å². The molecular weight excluding hydrogens is 206 g/mol. The summed E-state index contributed by atoms with van der Waals surface area (Å²) in [7, 11) is 0. The molecular formula is C10H13N5O. The van der Waals surface area contributed by atoms with Gasteiger partial charge < -0.3 is 15.4 Å². The maximum atomic E-state index is 8.68. The van der Waals surface area contributed by atoms with Crippen LogP contribution in [-0.4, -0.2) is 42.3 Å². The molecule has 1 unspecified atom stereocenters. The van der Waals surface area contributed by atoms with E-state index in [4.69, 9.17) is 10.00 Å². The van der Waals surface area contributed by atoms with E-state index in [1.165, 1.54) is 0 Å². The highest BCUT2D eigenvalue weighted by Gasteiger charge is 2.13. The maximum Gasteiger partial charge on any atom is 0.223 e. The van der Waals surface area contributed by atoms with E-state index in [0.29, 0.717) is 18.2 Å². The van der Waals surface area contributed by atoms with E-state index >= 15 is 0 Å². The zero-order valence-corrected chi connectivity index (χ0v) is 8.81. The molecule has 0 aromatic carbocycles. The molecule has 0 amide bonds. The Hall–Kier alpha value is -1.71. The lowest BCUT2D eigenvalue weighted by molar-refractivity contribution is 0.0371. The fourth-order valence-electron chi connectivity index (χ4n) is 1.46. The molecule has 0 spiro atoms. The van der Waals surface area contributed by atoms with Gasteiger partial charge in [0, 0.05) is 25.8 Å². The second kappa shape index (κ2) is 5.39. The number of nitrogens with zero attached hydrogens (tertiary/aromatic N) is 3. The first-order valence-electron chi connectivity index (χ1n) is 5.18. The lowest BCUT2D eigenvalue weighted by atomic mass is 10.3. The van der Waals surface area contributed by atoms with E-state index in [0.717, 1.165) is 19.7 Å². The number of nitriles is 1. The van der Waals surface area contributed by atoms with Crippen molar-refractivity contribution in [1.82, 2.24) is 15.3 Å². The van der Waals surface area contributed by atoms with Crippen molar-refractivity contribution in [2.45, 2.75) is 6.10 Å². The van der Waals surface area contributed by atoms with Crippen LogP contribution in [-0.2, 0) is 4.74 Å². The normalized spacial score (nSPS) is 20.1. The average Bonchev–Trinajstić information content (AvgIpc) is 2.38. The monoisotopic (exact) mass is 219 g/mol. The van der Waals surface area contributed by atoms with Crippen LogP contribution in [0.2, 0.25) is 0 Å². The highest BCUT2D eigenvalue weighted by molar-refractivity contribution is 5.30. The average molecular weight is 219 g/mol. The number of nitrogens with one attached hydrogen (secondary N) is 2. The molecule has 1 aromatic rings. The van der Waals surface area contributed by atoms with Gasteiger partial charge in [0.25, 0.3) is 0 Å². The summed E-state index contributed by atoms with van der Waals surface area (Å²) in [5.41, 5.74) is 0.361. The number of hydrogen-bond donors (Lipinski definition) is 2. The Labute approximate surface area is 93.7 Å².